The summed E-state index contributed by atoms with van der Waals surface area (Å²) in [6, 6.07) is 7.52. The molecular weight excluding hydrogens is 306 g/mol. The van der Waals surface area contributed by atoms with Gasteiger partial charge in [0.25, 0.3) is 5.91 Å². The number of benzene rings is 1. The summed E-state index contributed by atoms with van der Waals surface area (Å²) < 4.78 is 1.90. The first-order valence-corrected chi connectivity index (χ1v) is 8.26. The second-order valence-electron chi connectivity index (χ2n) is 6.29. The van der Waals surface area contributed by atoms with Crippen LogP contribution in [-0.4, -0.2) is 56.4 Å². The number of aliphatic hydroxyl groups excluding tert-OH is 2. The zero-order chi connectivity index (χ0) is 17.1. The molecule has 1 atom stereocenters. The van der Waals surface area contributed by atoms with Crippen molar-refractivity contribution in [3.8, 4) is 11.4 Å². The molecule has 2 heterocycles. The van der Waals surface area contributed by atoms with Gasteiger partial charge in [-0.15, -0.1) is 0 Å². The summed E-state index contributed by atoms with van der Waals surface area (Å²) in [6.45, 7) is 0.964. The molecular formula is C18H23N3O3. The predicted molar refractivity (Wildman–Crippen MR) is 90.4 cm³/mol. The van der Waals surface area contributed by atoms with E-state index in [1.807, 2.05) is 47.0 Å². The van der Waals surface area contributed by atoms with E-state index in [0.29, 0.717) is 31.5 Å². The van der Waals surface area contributed by atoms with Crippen molar-refractivity contribution < 1.29 is 15.0 Å². The van der Waals surface area contributed by atoms with E-state index in [4.69, 9.17) is 5.11 Å². The summed E-state index contributed by atoms with van der Waals surface area (Å²) in [5, 5.41) is 18.8. The summed E-state index contributed by atoms with van der Waals surface area (Å²) in [5.74, 6) is 0.818. The lowest BCUT2D eigenvalue weighted by Gasteiger charge is -2.34. The minimum atomic E-state index is -0.692. The molecule has 0 aliphatic carbocycles. The molecule has 1 fully saturated rings. The number of hydrogen-bond donors (Lipinski definition) is 2. The van der Waals surface area contributed by atoms with E-state index in [1.165, 1.54) is 0 Å². The lowest BCUT2D eigenvalue weighted by Crippen LogP contribution is -2.42. The highest BCUT2D eigenvalue weighted by Gasteiger charge is 2.28. The Morgan fingerprint density at radius 1 is 1.33 bits per heavy atom. The van der Waals surface area contributed by atoms with Gasteiger partial charge in [-0.1, -0.05) is 18.2 Å². The molecule has 1 aromatic heterocycles. The van der Waals surface area contributed by atoms with Crippen LogP contribution in [0.5, 0.6) is 0 Å². The van der Waals surface area contributed by atoms with Crippen LogP contribution in [0.1, 0.15) is 23.2 Å². The Balaban J connectivity index is 1.79. The molecule has 0 bridgehead atoms. The molecule has 1 saturated heterocycles. The fourth-order valence-electron chi connectivity index (χ4n) is 3.30. The van der Waals surface area contributed by atoms with Crippen LogP contribution < -0.4 is 0 Å². The summed E-state index contributed by atoms with van der Waals surface area (Å²) in [6.07, 6.45) is 4.30. The van der Waals surface area contributed by atoms with Crippen LogP contribution in [0.15, 0.2) is 36.7 Å². The number of rotatable bonds is 4. The maximum Gasteiger partial charge on any atom is 0.254 e. The predicted octanol–water partition coefficient (Wildman–Crippen LogP) is 1.29. The SMILES string of the molecule is Cn1ccnc1-c1ccccc1C(=O)N1CCC(C(O)CO)CC1. The average molecular weight is 329 g/mol. The van der Waals surface area contributed by atoms with E-state index in [0.717, 1.165) is 11.4 Å². The largest absolute Gasteiger partial charge is 0.394 e. The molecule has 1 amide bonds. The highest BCUT2D eigenvalue weighted by atomic mass is 16.3. The fourth-order valence-corrected chi connectivity index (χ4v) is 3.30. The van der Waals surface area contributed by atoms with E-state index in [2.05, 4.69) is 4.98 Å². The number of nitrogens with zero attached hydrogens (tertiary/aromatic N) is 3. The van der Waals surface area contributed by atoms with Gasteiger partial charge in [-0.25, -0.2) is 4.98 Å². The molecule has 1 unspecified atom stereocenters. The maximum absolute atomic E-state index is 13.0. The number of aliphatic hydroxyl groups is 2. The third kappa shape index (κ3) is 3.20. The highest BCUT2D eigenvalue weighted by Crippen LogP contribution is 2.26. The number of imidazole rings is 1. The first-order valence-electron chi connectivity index (χ1n) is 8.26. The van der Waals surface area contributed by atoms with Crippen LogP contribution in [0.2, 0.25) is 0 Å². The normalized spacial score (nSPS) is 17.0. The quantitative estimate of drug-likeness (QED) is 0.886. The van der Waals surface area contributed by atoms with E-state index >= 15 is 0 Å². The Morgan fingerprint density at radius 2 is 2.04 bits per heavy atom. The van der Waals surface area contributed by atoms with Gasteiger partial charge in [-0.3, -0.25) is 4.79 Å². The van der Waals surface area contributed by atoms with Crippen LogP contribution in [0, 0.1) is 5.92 Å². The molecule has 0 saturated carbocycles. The van der Waals surface area contributed by atoms with Gasteiger partial charge in [0.2, 0.25) is 0 Å². The Labute approximate surface area is 141 Å². The summed E-state index contributed by atoms with van der Waals surface area (Å²) in [4.78, 5) is 19.1. The molecule has 0 radical (unpaired) electrons. The van der Waals surface area contributed by atoms with Crippen molar-refractivity contribution >= 4 is 5.91 Å². The first kappa shape index (κ1) is 16.7. The Kier molecular flexibility index (Phi) is 4.97. The van der Waals surface area contributed by atoms with Crippen molar-refractivity contribution in [2.24, 2.45) is 13.0 Å². The lowest BCUT2D eigenvalue weighted by atomic mass is 9.91. The van der Waals surface area contributed by atoms with Crippen LogP contribution in [-0.2, 0) is 7.05 Å². The van der Waals surface area contributed by atoms with Crippen molar-refractivity contribution in [2.75, 3.05) is 19.7 Å². The molecule has 1 aromatic carbocycles. The number of aromatic nitrogens is 2. The number of carbonyl (C=O) groups is 1. The van der Waals surface area contributed by atoms with Gasteiger partial charge >= 0.3 is 0 Å². The topological polar surface area (TPSA) is 78.6 Å². The fraction of sp³-hybridized carbons (Fsp3) is 0.444. The molecule has 1 aliphatic heterocycles. The standard InChI is InChI=1S/C18H23N3O3/c1-20-11-8-19-17(20)14-4-2-3-5-15(14)18(24)21-9-6-13(7-10-21)16(23)12-22/h2-5,8,11,13,16,22-23H,6-7,9-10,12H2,1H3. The number of aryl methyl sites for hydroxylation is 1. The van der Waals surface area contributed by atoms with Crippen molar-refractivity contribution in [2.45, 2.75) is 18.9 Å². The van der Waals surface area contributed by atoms with E-state index < -0.39 is 6.10 Å². The zero-order valence-corrected chi connectivity index (χ0v) is 13.8. The molecule has 6 nitrogen and oxygen atoms in total. The third-order valence-corrected chi connectivity index (χ3v) is 4.78. The number of carbonyl (C=O) groups excluding carboxylic acids is 1. The third-order valence-electron chi connectivity index (χ3n) is 4.78. The van der Waals surface area contributed by atoms with Gasteiger partial charge in [0.1, 0.15) is 5.82 Å². The minimum Gasteiger partial charge on any atom is -0.394 e. The average Bonchev–Trinajstić information content (AvgIpc) is 3.06. The van der Waals surface area contributed by atoms with Crippen LogP contribution >= 0.6 is 0 Å². The molecule has 128 valence electrons. The van der Waals surface area contributed by atoms with Crippen LogP contribution in [0.4, 0.5) is 0 Å². The summed E-state index contributed by atoms with van der Waals surface area (Å²) in [7, 11) is 1.91. The molecule has 3 rings (SSSR count). The zero-order valence-electron chi connectivity index (χ0n) is 13.8. The number of hydrogen-bond acceptors (Lipinski definition) is 4. The molecule has 1 aliphatic rings. The van der Waals surface area contributed by atoms with Crippen molar-refractivity contribution in [3.63, 3.8) is 0 Å². The number of amides is 1. The van der Waals surface area contributed by atoms with Gasteiger partial charge < -0.3 is 19.7 Å². The van der Waals surface area contributed by atoms with Crippen LogP contribution in [0.25, 0.3) is 11.4 Å². The second-order valence-corrected chi connectivity index (χ2v) is 6.29. The van der Waals surface area contributed by atoms with E-state index in [9.17, 15) is 9.90 Å². The van der Waals surface area contributed by atoms with Crippen molar-refractivity contribution in [1.82, 2.24) is 14.5 Å². The Hall–Kier alpha value is -2.18. The van der Waals surface area contributed by atoms with Gasteiger partial charge in [0.15, 0.2) is 0 Å². The first-order chi connectivity index (χ1) is 11.6. The van der Waals surface area contributed by atoms with Crippen molar-refractivity contribution in [1.29, 1.82) is 0 Å². The smallest absolute Gasteiger partial charge is 0.254 e. The molecule has 24 heavy (non-hydrogen) atoms. The van der Waals surface area contributed by atoms with Crippen molar-refractivity contribution in [3.05, 3.63) is 42.2 Å². The van der Waals surface area contributed by atoms with Gasteiger partial charge in [0.05, 0.1) is 18.3 Å². The molecule has 6 heteroatoms. The highest BCUT2D eigenvalue weighted by molar-refractivity contribution is 6.00. The van der Waals surface area contributed by atoms with Gasteiger partial charge in [0, 0.05) is 38.1 Å². The minimum absolute atomic E-state index is 0.00876. The maximum atomic E-state index is 13.0. The Morgan fingerprint density at radius 3 is 2.67 bits per heavy atom. The van der Waals surface area contributed by atoms with E-state index in [1.54, 1.807) is 6.20 Å². The molecule has 2 aromatic rings. The van der Waals surface area contributed by atoms with Gasteiger partial charge in [-0.2, -0.15) is 0 Å². The van der Waals surface area contributed by atoms with E-state index in [-0.39, 0.29) is 18.4 Å². The Bertz CT molecular complexity index is 705. The lowest BCUT2D eigenvalue weighted by molar-refractivity contribution is 0.0179. The second kappa shape index (κ2) is 7.15. The molecule has 2 N–H and O–H groups in total. The van der Waals surface area contributed by atoms with Crippen LogP contribution in [0.3, 0.4) is 0 Å². The number of piperidine rings is 1. The monoisotopic (exact) mass is 329 g/mol. The molecule has 0 spiro atoms. The summed E-state index contributed by atoms with van der Waals surface area (Å²) in [5.41, 5.74) is 1.47. The number of likely N-dealkylation sites (tertiary alicyclic amines) is 1. The van der Waals surface area contributed by atoms with Gasteiger partial charge in [-0.05, 0) is 24.8 Å². The summed E-state index contributed by atoms with van der Waals surface area (Å²) >= 11 is 0.